The number of hydrogen-bond acceptors (Lipinski definition) is 8. The van der Waals surface area contributed by atoms with E-state index in [0.29, 0.717) is 0 Å². The van der Waals surface area contributed by atoms with Gasteiger partial charge in [0.15, 0.2) is 12.3 Å². The molecule has 0 saturated carbocycles. The van der Waals surface area contributed by atoms with Gasteiger partial charge in [-0.1, -0.05) is 0 Å². The van der Waals surface area contributed by atoms with Crippen LogP contribution in [0.2, 0.25) is 0 Å². The number of halogens is 2. The minimum atomic E-state index is -3.77. The molecule has 0 aliphatic carbocycles. The fourth-order valence-electron chi connectivity index (χ4n) is 1.91. The first-order valence-electron chi connectivity index (χ1n) is 5.76. The van der Waals surface area contributed by atoms with Crippen molar-refractivity contribution in [3.8, 4) is 0 Å². The molecule has 2 rings (SSSR count). The maximum atomic E-state index is 13.8. The van der Waals surface area contributed by atoms with E-state index in [4.69, 9.17) is 15.6 Å². The number of nitrogens with zero attached hydrogens (tertiary/aromatic N) is 2. The van der Waals surface area contributed by atoms with Gasteiger partial charge >= 0.3 is 11.6 Å². The topological polar surface area (TPSA) is 144 Å². The maximum Gasteiger partial charge on any atom is 0.334 e. The molecule has 9 nitrogen and oxygen atoms in total. The summed E-state index contributed by atoms with van der Waals surface area (Å²) in [5.74, 6) is -4.29. The van der Waals surface area contributed by atoms with Crippen LogP contribution in [0.1, 0.15) is 0 Å². The summed E-state index contributed by atoms with van der Waals surface area (Å²) in [5, 5.41) is 31.1. The summed E-state index contributed by atoms with van der Waals surface area (Å²) in [5.41, 5.74) is 4.46. The van der Waals surface area contributed by atoms with E-state index in [1.165, 1.54) is 0 Å². The van der Waals surface area contributed by atoms with Crippen LogP contribution in [0.3, 0.4) is 0 Å². The molecule has 11 heteroatoms. The van der Waals surface area contributed by atoms with E-state index in [0.717, 1.165) is 12.3 Å². The van der Waals surface area contributed by atoms with Crippen LogP contribution in [0.5, 0.6) is 0 Å². The van der Waals surface area contributed by atoms with Gasteiger partial charge in [0, 0.05) is 6.20 Å². The molecule has 1 aliphatic heterocycles. The lowest BCUT2D eigenvalue weighted by Gasteiger charge is -2.20. The van der Waals surface area contributed by atoms with Gasteiger partial charge in [0.05, 0.1) is 11.5 Å². The summed E-state index contributed by atoms with van der Waals surface area (Å²) in [6.45, 7) is -0.832. The van der Waals surface area contributed by atoms with Crippen LogP contribution >= 0.6 is 0 Å². The second kappa shape index (κ2) is 5.35. The van der Waals surface area contributed by atoms with Gasteiger partial charge in [-0.3, -0.25) is 10.1 Å². The average molecular weight is 306 g/mol. The number of pyridine rings is 1. The van der Waals surface area contributed by atoms with Crippen LogP contribution < -0.4 is 11.1 Å². The first-order chi connectivity index (χ1) is 9.78. The van der Waals surface area contributed by atoms with E-state index in [1.807, 2.05) is 5.32 Å². The van der Waals surface area contributed by atoms with Crippen LogP contribution in [-0.4, -0.2) is 51.1 Å². The molecule has 0 radical (unpaired) electrons. The number of nitro groups is 1. The molecule has 1 aromatic heterocycles. The monoisotopic (exact) mass is 306 g/mol. The summed E-state index contributed by atoms with van der Waals surface area (Å²) < 4.78 is 32.3. The molecule has 1 aliphatic rings. The van der Waals surface area contributed by atoms with Crippen LogP contribution in [0, 0.1) is 10.1 Å². The Balaban J connectivity index is 2.31. The third kappa shape index (κ3) is 2.57. The zero-order valence-electron chi connectivity index (χ0n) is 10.4. The number of ether oxygens (including phenoxy) is 1. The number of anilines is 2. The van der Waals surface area contributed by atoms with Crippen molar-refractivity contribution >= 4 is 17.2 Å². The van der Waals surface area contributed by atoms with E-state index in [9.17, 15) is 24.0 Å². The number of nitrogens with two attached hydrogens (primary N) is 1. The highest BCUT2D eigenvalue weighted by atomic mass is 19.3. The normalized spacial score (nSPS) is 27.5. The Kier molecular flexibility index (Phi) is 3.89. The molecule has 1 aromatic rings. The van der Waals surface area contributed by atoms with Crippen LogP contribution in [-0.2, 0) is 4.74 Å². The highest BCUT2D eigenvalue weighted by Gasteiger charge is 2.58. The highest BCUT2D eigenvalue weighted by Crippen LogP contribution is 2.38. The fraction of sp³-hybridized carbons (Fsp3) is 0.500. The van der Waals surface area contributed by atoms with E-state index in [-0.39, 0.29) is 5.69 Å². The van der Waals surface area contributed by atoms with Crippen molar-refractivity contribution in [3.63, 3.8) is 0 Å². The van der Waals surface area contributed by atoms with Crippen LogP contribution in [0.15, 0.2) is 12.3 Å². The van der Waals surface area contributed by atoms with E-state index in [2.05, 4.69) is 4.98 Å². The van der Waals surface area contributed by atoms with E-state index >= 15 is 0 Å². The zero-order chi connectivity index (χ0) is 15.8. The first-order valence-corrected chi connectivity index (χ1v) is 5.76. The molecule has 3 atom stereocenters. The fourth-order valence-corrected chi connectivity index (χ4v) is 1.91. The molecule has 1 saturated heterocycles. The standard InChI is InChI=1S/C10H12F2N4O5/c11-10(12)7(18)5(3-17)21-9(10)15-8-6(16(19)20)4(13)1-2-14-8/h1-2,5,7,9,17-18H,3H2,(H3,13,14,15)/t5-,7-,9-/m1/s1. The Morgan fingerprint density at radius 1 is 1.62 bits per heavy atom. The number of hydrogen-bond donors (Lipinski definition) is 4. The molecule has 5 N–H and O–H groups in total. The largest absolute Gasteiger partial charge is 0.394 e. The summed E-state index contributed by atoms with van der Waals surface area (Å²) in [7, 11) is 0. The van der Waals surface area contributed by atoms with Gasteiger partial charge in [-0.25, -0.2) is 4.98 Å². The third-order valence-electron chi connectivity index (χ3n) is 2.99. The van der Waals surface area contributed by atoms with Crippen molar-refractivity contribution in [2.75, 3.05) is 17.7 Å². The quantitative estimate of drug-likeness (QED) is 0.438. The number of aromatic nitrogens is 1. The lowest BCUT2D eigenvalue weighted by Crippen LogP contribution is -2.43. The second-order valence-electron chi connectivity index (χ2n) is 4.36. The summed E-state index contributed by atoms with van der Waals surface area (Å²) in [6, 6.07) is 1.14. The second-order valence-corrected chi connectivity index (χ2v) is 4.36. The third-order valence-corrected chi connectivity index (χ3v) is 2.99. The highest BCUT2D eigenvalue weighted by molar-refractivity contribution is 5.70. The predicted octanol–water partition coefficient (Wildman–Crippen LogP) is -0.303. The molecule has 0 bridgehead atoms. The minimum Gasteiger partial charge on any atom is -0.394 e. The SMILES string of the molecule is Nc1ccnc(N[C@@H]2O[C@H](CO)[C@@H](O)C2(F)F)c1[N+](=O)[O-]. The lowest BCUT2D eigenvalue weighted by molar-refractivity contribution is -0.383. The van der Waals surface area contributed by atoms with Gasteiger partial charge in [-0.05, 0) is 6.07 Å². The van der Waals surface area contributed by atoms with E-state index in [1.54, 1.807) is 0 Å². The van der Waals surface area contributed by atoms with Gasteiger partial charge in [0.2, 0.25) is 5.82 Å². The Morgan fingerprint density at radius 3 is 2.81 bits per heavy atom. The van der Waals surface area contributed by atoms with Gasteiger partial charge in [0.1, 0.15) is 11.8 Å². The molecule has 1 fully saturated rings. The smallest absolute Gasteiger partial charge is 0.334 e. The summed E-state index contributed by atoms with van der Waals surface area (Å²) in [6.07, 6.45) is -4.76. The number of alkyl halides is 2. The number of nitrogen functional groups attached to an aromatic ring is 1. The Labute approximate surface area is 116 Å². The molecule has 116 valence electrons. The molecule has 2 heterocycles. The number of aliphatic hydroxyl groups excluding tert-OH is 2. The van der Waals surface area contributed by atoms with Gasteiger partial charge in [-0.15, -0.1) is 0 Å². The molecule has 21 heavy (non-hydrogen) atoms. The van der Waals surface area contributed by atoms with Crippen LogP contribution in [0.25, 0.3) is 0 Å². The van der Waals surface area contributed by atoms with Crippen molar-refractivity contribution in [1.82, 2.24) is 4.98 Å². The molecule has 0 unspecified atom stereocenters. The Morgan fingerprint density at radius 2 is 2.29 bits per heavy atom. The predicted molar refractivity (Wildman–Crippen MR) is 65.6 cm³/mol. The molecule has 0 amide bonds. The van der Waals surface area contributed by atoms with Gasteiger partial charge < -0.3 is 26.0 Å². The van der Waals surface area contributed by atoms with Crippen molar-refractivity contribution in [1.29, 1.82) is 0 Å². The van der Waals surface area contributed by atoms with Crippen molar-refractivity contribution < 1.29 is 28.7 Å². The average Bonchev–Trinajstić information content (AvgIpc) is 2.62. The first kappa shape index (κ1) is 15.3. The van der Waals surface area contributed by atoms with Gasteiger partial charge in [-0.2, -0.15) is 8.78 Å². The molecule has 0 spiro atoms. The van der Waals surface area contributed by atoms with Gasteiger partial charge in [0.25, 0.3) is 0 Å². The zero-order valence-corrected chi connectivity index (χ0v) is 10.4. The number of nitrogens with one attached hydrogen (secondary N) is 1. The lowest BCUT2D eigenvalue weighted by atomic mass is 10.1. The molecule has 0 aromatic carbocycles. The molecular formula is C10H12F2N4O5. The minimum absolute atomic E-state index is 0.266. The molecular weight excluding hydrogens is 294 g/mol. The summed E-state index contributed by atoms with van der Waals surface area (Å²) >= 11 is 0. The Hall–Kier alpha value is -2.11. The number of aliphatic hydroxyl groups is 2. The maximum absolute atomic E-state index is 13.8. The Bertz CT molecular complexity index is 558. The summed E-state index contributed by atoms with van der Waals surface area (Å²) in [4.78, 5) is 13.6. The van der Waals surface area contributed by atoms with Crippen molar-refractivity contribution in [3.05, 3.63) is 22.4 Å². The van der Waals surface area contributed by atoms with Crippen molar-refractivity contribution in [2.45, 2.75) is 24.4 Å². The number of rotatable bonds is 4. The van der Waals surface area contributed by atoms with Crippen LogP contribution in [0.4, 0.5) is 26.0 Å². The van der Waals surface area contributed by atoms with E-state index < -0.39 is 47.4 Å². The van der Waals surface area contributed by atoms with Crippen molar-refractivity contribution in [2.24, 2.45) is 0 Å².